The number of anilines is 1. The SMILES string of the molecule is CC(=O)/C=C(\N)CCc1cc(N)ccc1Cl. The van der Waals surface area contributed by atoms with E-state index in [1.165, 1.54) is 13.0 Å². The molecule has 0 spiro atoms. The van der Waals surface area contributed by atoms with E-state index in [1.807, 2.05) is 6.07 Å². The Labute approximate surface area is 100 Å². The van der Waals surface area contributed by atoms with Crippen molar-refractivity contribution in [2.75, 3.05) is 5.73 Å². The number of carbonyl (C=O) groups excluding carboxylic acids is 1. The molecule has 3 nitrogen and oxygen atoms in total. The number of carbonyl (C=O) groups is 1. The van der Waals surface area contributed by atoms with Gasteiger partial charge < -0.3 is 11.5 Å². The highest BCUT2D eigenvalue weighted by molar-refractivity contribution is 6.31. The maximum Gasteiger partial charge on any atom is 0.154 e. The molecule has 0 saturated carbocycles. The lowest BCUT2D eigenvalue weighted by atomic mass is 10.1. The van der Waals surface area contributed by atoms with Gasteiger partial charge in [-0.25, -0.2) is 0 Å². The van der Waals surface area contributed by atoms with Gasteiger partial charge in [-0.3, -0.25) is 4.79 Å². The second-order valence-electron chi connectivity index (χ2n) is 3.68. The average Bonchev–Trinajstić information content (AvgIpc) is 2.18. The minimum atomic E-state index is -0.0452. The first-order valence-electron chi connectivity index (χ1n) is 4.99. The van der Waals surface area contributed by atoms with Crippen LogP contribution in [0.3, 0.4) is 0 Å². The molecule has 0 radical (unpaired) electrons. The van der Waals surface area contributed by atoms with Crippen molar-refractivity contribution in [3.8, 4) is 0 Å². The first-order chi connectivity index (χ1) is 7.49. The Hall–Kier alpha value is -1.48. The van der Waals surface area contributed by atoms with E-state index in [9.17, 15) is 4.79 Å². The molecular weight excluding hydrogens is 224 g/mol. The third-order valence-corrected chi connectivity index (χ3v) is 2.51. The molecule has 0 aliphatic heterocycles. The Morgan fingerprint density at radius 1 is 1.50 bits per heavy atom. The molecule has 0 saturated heterocycles. The Morgan fingerprint density at radius 2 is 2.19 bits per heavy atom. The average molecular weight is 239 g/mol. The summed E-state index contributed by atoms with van der Waals surface area (Å²) >= 11 is 6.00. The third-order valence-electron chi connectivity index (χ3n) is 2.14. The Balaban J connectivity index is 2.68. The van der Waals surface area contributed by atoms with Crippen LogP contribution in [-0.2, 0) is 11.2 Å². The third kappa shape index (κ3) is 3.95. The molecule has 1 aromatic rings. The molecule has 0 fully saturated rings. The lowest BCUT2D eigenvalue weighted by molar-refractivity contribution is -0.112. The lowest BCUT2D eigenvalue weighted by Gasteiger charge is -2.05. The van der Waals surface area contributed by atoms with Crippen LogP contribution in [-0.4, -0.2) is 5.78 Å². The molecule has 0 aliphatic rings. The van der Waals surface area contributed by atoms with Crippen molar-refractivity contribution in [1.82, 2.24) is 0 Å². The highest BCUT2D eigenvalue weighted by Gasteiger charge is 2.02. The summed E-state index contributed by atoms with van der Waals surface area (Å²) in [7, 11) is 0. The van der Waals surface area contributed by atoms with Gasteiger partial charge in [-0.2, -0.15) is 0 Å². The van der Waals surface area contributed by atoms with Gasteiger partial charge in [-0.15, -0.1) is 0 Å². The molecule has 0 bridgehead atoms. The summed E-state index contributed by atoms with van der Waals surface area (Å²) in [5.74, 6) is -0.0452. The van der Waals surface area contributed by atoms with Crippen molar-refractivity contribution in [3.63, 3.8) is 0 Å². The Kier molecular flexibility index (Phi) is 4.38. The molecule has 1 aromatic carbocycles. The molecule has 4 heteroatoms. The molecular formula is C12H15ClN2O. The molecule has 4 N–H and O–H groups in total. The molecule has 0 aromatic heterocycles. The standard InChI is InChI=1S/C12H15ClN2O/c1-8(16)6-10(14)3-2-9-7-11(15)4-5-12(9)13/h4-7H,2-3,14-15H2,1H3/b10-6-. The number of rotatable bonds is 4. The summed E-state index contributed by atoms with van der Waals surface area (Å²) in [4.78, 5) is 10.8. The highest BCUT2D eigenvalue weighted by atomic mass is 35.5. The van der Waals surface area contributed by atoms with E-state index < -0.39 is 0 Å². The number of hydrogen-bond acceptors (Lipinski definition) is 3. The van der Waals surface area contributed by atoms with Crippen LogP contribution in [0, 0.1) is 0 Å². The van der Waals surface area contributed by atoms with Gasteiger partial charge in [0.2, 0.25) is 0 Å². The predicted octanol–water partition coefficient (Wildman–Crippen LogP) is 2.29. The first kappa shape index (κ1) is 12.6. The van der Waals surface area contributed by atoms with Gasteiger partial charge in [-0.1, -0.05) is 11.6 Å². The zero-order valence-electron chi connectivity index (χ0n) is 9.16. The fourth-order valence-electron chi connectivity index (χ4n) is 1.40. The fourth-order valence-corrected chi connectivity index (χ4v) is 1.61. The number of benzene rings is 1. The van der Waals surface area contributed by atoms with Crippen LogP contribution in [0.25, 0.3) is 0 Å². The monoisotopic (exact) mass is 238 g/mol. The van der Waals surface area contributed by atoms with Crippen LogP contribution in [0.1, 0.15) is 18.9 Å². The van der Waals surface area contributed by atoms with Crippen LogP contribution in [0.5, 0.6) is 0 Å². The predicted molar refractivity (Wildman–Crippen MR) is 67.1 cm³/mol. The number of aryl methyl sites for hydroxylation is 1. The van der Waals surface area contributed by atoms with E-state index in [-0.39, 0.29) is 5.78 Å². The molecule has 0 aliphatic carbocycles. The maximum absolute atomic E-state index is 10.8. The Morgan fingerprint density at radius 3 is 2.81 bits per heavy atom. The summed E-state index contributed by atoms with van der Waals surface area (Å²) < 4.78 is 0. The van der Waals surface area contributed by atoms with Crippen LogP contribution >= 0.6 is 11.6 Å². The van der Waals surface area contributed by atoms with E-state index >= 15 is 0 Å². The van der Waals surface area contributed by atoms with Gasteiger partial charge >= 0.3 is 0 Å². The number of allylic oxidation sites excluding steroid dienone is 2. The van der Waals surface area contributed by atoms with Gasteiger partial charge in [0.15, 0.2) is 5.78 Å². The number of ketones is 1. The Bertz CT molecular complexity index is 427. The van der Waals surface area contributed by atoms with E-state index in [2.05, 4.69) is 0 Å². The topological polar surface area (TPSA) is 69.1 Å². The number of nitrogens with two attached hydrogens (primary N) is 2. The smallest absolute Gasteiger partial charge is 0.154 e. The second kappa shape index (κ2) is 5.56. The minimum Gasteiger partial charge on any atom is -0.402 e. The molecule has 86 valence electrons. The van der Waals surface area contributed by atoms with Crippen LogP contribution in [0.4, 0.5) is 5.69 Å². The van der Waals surface area contributed by atoms with Crippen LogP contribution in [0.15, 0.2) is 30.0 Å². The second-order valence-corrected chi connectivity index (χ2v) is 4.09. The van der Waals surface area contributed by atoms with Crippen LogP contribution < -0.4 is 11.5 Å². The number of nitrogen functional groups attached to an aromatic ring is 1. The molecule has 0 heterocycles. The van der Waals surface area contributed by atoms with E-state index in [4.69, 9.17) is 23.1 Å². The molecule has 1 rings (SSSR count). The summed E-state index contributed by atoms with van der Waals surface area (Å²) in [5.41, 5.74) is 13.5. The molecule has 0 unspecified atom stereocenters. The summed E-state index contributed by atoms with van der Waals surface area (Å²) in [6.07, 6.45) is 2.71. The lowest BCUT2D eigenvalue weighted by Crippen LogP contribution is -2.02. The van der Waals surface area contributed by atoms with Crippen molar-refractivity contribution in [2.45, 2.75) is 19.8 Å². The molecule has 0 atom stereocenters. The van der Waals surface area contributed by atoms with Crippen molar-refractivity contribution < 1.29 is 4.79 Å². The van der Waals surface area contributed by atoms with Gasteiger partial charge in [0, 0.05) is 16.4 Å². The molecule has 0 amide bonds. The number of hydrogen-bond donors (Lipinski definition) is 2. The largest absolute Gasteiger partial charge is 0.402 e. The maximum atomic E-state index is 10.8. The fraction of sp³-hybridized carbons (Fsp3) is 0.250. The summed E-state index contributed by atoms with van der Waals surface area (Å²) in [6.45, 7) is 1.47. The normalized spacial score (nSPS) is 11.5. The van der Waals surface area contributed by atoms with E-state index in [0.29, 0.717) is 29.2 Å². The van der Waals surface area contributed by atoms with Crippen molar-refractivity contribution in [2.24, 2.45) is 5.73 Å². The van der Waals surface area contributed by atoms with E-state index in [1.54, 1.807) is 12.1 Å². The van der Waals surface area contributed by atoms with Crippen molar-refractivity contribution in [3.05, 3.63) is 40.6 Å². The van der Waals surface area contributed by atoms with Gasteiger partial charge in [0.1, 0.15) is 0 Å². The molecule has 16 heavy (non-hydrogen) atoms. The zero-order valence-corrected chi connectivity index (χ0v) is 9.92. The number of halogens is 1. The summed E-state index contributed by atoms with van der Waals surface area (Å²) in [6, 6.07) is 5.33. The van der Waals surface area contributed by atoms with Crippen molar-refractivity contribution in [1.29, 1.82) is 0 Å². The summed E-state index contributed by atoms with van der Waals surface area (Å²) in [5, 5.41) is 0.671. The minimum absolute atomic E-state index is 0.0452. The first-order valence-corrected chi connectivity index (χ1v) is 5.37. The van der Waals surface area contributed by atoms with Gasteiger partial charge in [0.05, 0.1) is 0 Å². The van der Waals surface area contributed by atoms with E-state index in [0.717, 1.165) is 5.56 Å². The van der Waals surface area contributed by atoms with Gasteiger partial charge in [0.25, 0.3) is 0 Å². The van der Waals surface area contributed by atoms with Crippen LogP contribution in [0.2, 0.25) is 5.02 Å². The zero-order chi connectivity index (χ0) is 12.1. The highest BCUT2D eigenvalue weighted by Crippen LogP contribution is 2.20. The van der Waals surface area contributed by atoms with Crippen molar-refractivity contribution >= 4 is 23.1 Å². The quantitative estimate of drug-likeness (QED) is 0.625. The van der Waals surface area contributed by atoms with Gasteiger partial charge in [-0.05, 0) is 49.6 Å².